The largest absolute Gasteiger partial charge is 0.454 e. The third-order valence-corrected chi connectivity index (χ3v) is 8.29. The van der Waals surface area contributed by atoms with Gasteiger partial charge in [-0.25, -0.2) is 9.97 Å². The standard InChI is InChI=1S/C30H27Cl2N5O3S/c31-23-6-8-24(9-7-23)36-11-13-37(14-12-36)28-16-27(32)34-30(35-28)41-18-20-1-4-22(5-2-20)29(38)33-17-21-3-10-25-26(15-21)40-19-39-25/h1-10,15-16H,11-14,17-19H2,(H,33,38). The van der Waals surface area contributed by atoms with Crippen molar-refractivity contribution in [1.29, 1.82) is 0 Å². The quantitative estimate of drug-likeness (QED) is 0.147. The number of hydrogen-bond acceptors (Lipinski definition) is 8. The van der Waals surface area contributed by atoms with Crippen molar-refractivity contribution in [2.75, 3.05) is 42.8 Å². The van der Waals surface area contributed by atoms with Crippen LogP contribution in [0.4, 0.5) is 11.5 Å². The third kappa shape index (κ3) is 6.81. The van der Waals surface area contributed by atoms with E-state index in [1.165, 1.54) is 17.4 Å². The Kier molecular flexibility index (Phi) is 8.36. The summed E-state index contributed by atoms with van der Waals surface area (Å²) in [5.41, 5.74) is 3.77. The second-order valence-corrected chi connectivity index (χ2v) is 11.4. The molecule has 0 radical (unpaired) electrons. The molecule has 2 aliphatic rings. The molecule has 210 valence electrons. The Morgan fingerprint density at radius 3 is 2.32 bits per heavy atom. The molecule has 1 amide bonds. The molecule has 0 aliphatic carbocycles. The highest BCUT2D eigenvalue weighted by Crippen LogP contribution is 2.32. The number of rotatable bonds is 8. The number of benzene rings is 3. The second-order valence-electron chi connectivity index (χ2n) is 9.64. The van der Waals surface area contributed by atoms with E-state index in [2.05, 4.69) is 32.2 Å². The van der Waals surface area contributed by atoms with Crippen molar-refractivity contribution in [3.63, 3.8) is 0 Å². The summed E-state index contributed by atoms with van der Waals surface area (Å²) in [5.74, 6) is 2.77. The third-order valence-electron chi connectivity index (χ3n) is 6.93. The number of halogens is 2. The molecule has 0 bridgehead atoms. The van der Waals surface area contributed by atoms with E-state index < -0.39 is 0 Å². The monoisotopic (exact) mass is 607 g/mol. The molecule has 1 fully saturated rings. The zero-order chi connectivity index (χ0) is 28.2. The predicted molar refractivity (Wildman–Crippen MR) is 163 cm³/mol. The Labute approximate surface area is 252 Å². The molecule has 11 heteroatoms. The Balaban J connectivity index is 1.01. The maximum Gasteiger partial charge on any atom is 0.251 e. The van der Waals surface area contributed by atoms with Gasteiger partial charge in [-0.3, -0.25) is 4.79 Å². The molecule has 0 spiro atoms. The highest BCUT2D eigenvalue weighted by atomic mass is 35.5. The number of thioether (sulfide) groups is 1. The van der Waals surface area contributed by atoms with Crippen LogP contribution in [0.5, 0.6) is 11.5 Å². The van der Waals surface area contributed by atoms with E-state index in [0.29, 0.717) is 33.9 Å². The number of carbonyl (C=O) groups excluding carboxylic acids is 1. The van der Waals surface area contributed by atoms with E-state index in [1.54, 1.807) is 0 Å². The minimum atomic E-state index is -0.138. The van der Waals surface area contributed by atoms with Crippen LogP contribution in [0.1, 0.15) is 21.5 Å². The minimum absolute atomic E-state index is 0.138. The predicted octanol–water partition coefficient (Wildman–Crippen LogP) is 6.06. The summed E-state index contributed by atoms with van der Waals surface area (Å²) < 4.78 is 10.7. The average molecular weight is 609 g/mol. The summed E-state index contributed by atoms with van der Waals surface area (Å²) in [5, 5.41) is 4.74. The van der Waals surface area contributed by atoms with Gasteiger partial charge in [0.2, 0.25) is 6.79 Å². The normalized spacial score (nSPS) is 14.3. The van der Waals surface area contributed by atoms with Crippen molar-refractivity contribution in [3.8, 4) is 11.5 Å². The van der Waals surface area contributed by atoms with Crippen LogP contribution in [0.2, 0.25) is 10.2 Å². The molecule has 41 heavy (non-hydrogen) atoms. The molecule has 3 aromatic carbocycles. The Bertz CT molecular complexity index is 1530. The van der Waals surface area contributed by atoms with Gasteiger partial charge in [0.1, 0.15) is 11.0 Å². The van der Waals surface area contributed by atoms with Gasteiger partial charge in [0.15, 0.2) is 16.7 Å². The fraction of sp³-hybridized carbons (Fsp3) is 0.233. The lowest BCUT2D eigenvalue weighted by atomic mass is 10.1. The summed E-state index contributed by atoms with van der Waals surface area (Å²) in [4.78, 5) is 26.4. The Hall–Kier alpha value is -3.66. The van der Waals surface area contributed by atoms with E-state index in [4.69, 9.17) is 37.7 Å². The molecule has 2 aliphatic heterocycles. The van der Waals surface area contributed by atoms with Crippen LogP contribution < -0.4 is 24.6 Å². The van der Waals surface area contributed by atoms with Crippen LogP contribution in [0.25, 0.3) is 0 Å². The van der Waals surface area contributed by atoms with Gasteiger partial charge in [0, 0.05) is 60.8 Å². The molecular weight excluding hydrogens is 581 g/mol. The fourth-order valence-electron chi connectivity index (χ4n) is 4.69. The summed E-state index contributed by atoms with van der Waals surface area (Å²) in [6.45, 7) is 4.04. The van der Waals surface area contributed by atoms with E-state index >= 15 is 0 Å². The van der Waals surface area contributed by atoms with E-state index in [9.17, 15) is 4.79 Å². The molecule has 0 unspecified atom stereocenters. The topological polar surface area (TPSA) is 79.8 Å². The number of amides is 1. The zero-order valence-electron chi connectivity index (χ0n) is 22.1. The van der Waals surface area contributed by atoms with Gasteiger partial charge < -0.3 is 24.6 Å². The number of carbonyl (C=O) groups is 1. The first-order chi connectivity index (χ1) is 20.0. The first kappa shape index (κ1) is 27.5. The van der Waals surface area contributed by atoms with Crippen molar-refractivity contribution in [2.45, 2.75) is 17.5 Å². The maximum atomic E-state index is 12.7. The first-order valence-electron chi connectivity index (χ1n) is 13.2. The molecule has 1 N–H and O–H groups in total. The summed E-state index contributed by atoms with van der Waals surface area (Å²) >= 11 is 13.9. The molecule has 1 saturated heterocycles. The molecule has 0 atom stereocenters. The van der Waals surface area contributed by atoms with Gasteiger partial charge in [-0.05, 0) is 59.7 Å². The van der Waals surface area contributed by atoms with Crippen LogP contribution in [0, 0.1) is 0 Å². The smallest absolute Gasteiger partial charge is 0.251 e. The highest BCUT2D eigenvalue weighted by Gasteiger charge is 2.20. The lowest BCUT2D eigenvalue weighted by molar-refractivity contribution is 0.0951. The molecule has 0 saturated carbocycles. The number of nitrogens with zero attached hydrogens (tertiary/aromatic N) is 4. The highest BCUT2D eigenvalue weighted by molar-refractivity contribution is 7.98. The van der Waals surface area contributed by atoms with Crippen molar-refractivity contribution >= 4 is 52.4 Å². The molecule has 8 nitrogen and oxygen atoms in total. The van der Waals surface area contributed by atoms with E-state index in [-0.39, 0.29) is 12.7 Å². The first-order valence-corrected chi connectivity index (χ1v) is 14.9. The Morgan fingerprint density at radius 1 is 0.829 bits per heavy atom. The van der Waals surface area contributed by atoms with Crippen molar-refractivity contribution in [1.82, 2.24) is 15.3 Å². The molecule has 3 heterocycles. The number of piperazine rings is 1. The van der Waals surface area contributed by atoms with Crippen LogP contribution in [-0.4, -0.2) is 48.8 Å². The number of ether oxygens (including phenoxy) is 2. The van der Waals surface area contributed by atoms with Gasteiger partial charge >= 0.3 is 0 Å². The summed E-state index contributed by atoms with van der Waals surface area (Å²) in [7, 11) is 0. The van der Waals surface area contributed by atoms with Gasteiger partial charge in [0.05, 0.1) is 0 Å². The van der Waals surface area contributed by atoms with Crippen LogP contribution in [0.3, 0.4) is 0 Å². The molecule has 4 aromatic rings. The number of fused-ring (bicyclic) bond motifs is 1. The van der Waals surface area contributed by atoms with Gasteiger partial charge in [-0.1, -0.05) is 53.2 Å². The average Bonchev–Trinajstić information content (AvgIpc) is 3.47. The molecular formula is C30H27Cl2N5O3S. The maximum absolute atomic E-state index is 12.7. The summed E-state index contributed by atoms with van der Waals surface area (Å²) in [6, 6.07) is 23.0. The number of anilines is 2. The summed E-state index contributed by atoms with van der Waals surface area (Å²) in [6.07, 6.45) is 0. The molecule has 1 aromatic heterocycles. The van der Waals surface area contributed by atoms with Gasteiger partial charge in [-0.2, -0.15) is 0 Å². The number of aromatic nitrogens is 2. The van der Waals surface area contributed by atoms with Crippen molar-refractivity contribution < 1.29 is 14.3 Å². The minimum Gasteiger partial charge on any atom is -0.454 e. The van der Waals surface area contributed by atoms with Crippen molar-refractivity contribution in [2.24, 2.45) is 0 Å². The van der Waals surface area contributed by atoms with Crippen LogP contribution in [-0.2, 0) is 12.3 Å². The fourth-order valence-corrected chi connectivity index (χ4v) is 5.86. The van der Waals surface area contributed by atoms with Gasteiger partial charge in [0.25, 0.3) is 5.91 Å². The zero-order valence-corrected chi connectivity index (χ0v) is 24.4. The molecule has 6 rings (SSSR count). The lowest BCUT2D eigenvalue weighted by Crippen LogP contribution is -2.46. The Morgan fingerprint density at radius 2 is 1.54 bits per heavy atom. The van der Waals surface area contributed by atoms with Crippen LogP contribution in [0.15, 0.2) is 78.0 Å². The van der Waals surface area contributed by atoms with Crippen molar-refractivity contribution in [3.05, 3.63) is 99.7 Å². The number of nitrogens with one attached hydrogen (secondary N) is 1. The number of hydrogen-bond donors (Lipinski definition) is 1. The van der Waals surface area contributed by atoms with Crippen LogP contribution >= 0.6 is 35.0 Å². The SMILES string of the molecule is O=C(NCc1ccc2c(c1)OCO2)c1ccc(CSc2nc(Cl)cc(N3CCN(c4ccc(Cl)cc4)CC3)n2)cc1. The lowest BCUT2D eigenvalue weighted by Gasteiger charge is -2.36. The van der Waals surface area contributed by atoms with E-state index in [0.717, 1.165) is 53.9 Å². The van der Waals surface area contributed by atoms with Gasteiger partial charge in [-0.15, -0.1) is 0 Å². The van der Waals surface area contributed by atoms with E-state index in [1.807, 2.05) is 60.7 Å². The second kappa shape index (κ2) is 12.5.